The summed E-state index contributed by atoms with van der Waals surface area (Å²) in [5, 5.41) is 11.9. The number of anilines is 2. The van der Waals surface area contributed by atoms with E-state index in [2.05, 4.69) is 21.3 Å². The summed E-state index contributed by atoms with van der Waals surface area (Å²) in [7, 11) is 0. The minimum atomic E-state index is -0.251. The van der Waals surface area contributed by atoms with Crippen molar-refractivity contribution in [1.29, 1.82) is 0 Å². The zero-order valence-electron chi connectivity index (χ0n) is 20.0. The fraction of sp³-hybridized carbons (Fsp3) is 0.444. The van der Waals surface area contributed by atoms with Crippen LogP contribution < -0.4 is 21.3 Å². The largest absolute Gasteiger partial charge is 0.376 e. The topological polar surface area (TPSA) is 109 Å². The number of nitrogens with one attached hydrogen (secondary N) is 4. The van der Waals surface area contributed by atoms with Crippen LogP contribution in [0.15, 0.2) is 48.5 Å². The normalized spacial score (nSPS) is 18.0. The van der Waals surface area contributed by atoms with E-state index in [9.17, 15) is 14.4 Å². The molecule has 2 aliphatic rings. The molecule has 2 fully saturated rings. The summed E-state index contributed by atoms with van der Waals surface area (Å²) < 4.78 is 5.53. The second-order valence-electron chi connectivity index (χ2n) is 9.22. The second-order valence-corrected chi connectivity index (χ2v) is 9.22. The molecule has 1 aliphatic heterocycles. The van der Waals surface area contributed by atoms with E-state index in [-0.39, 0.29) is 36.4 Å². The Morgan fingerprint density at radius 2 is 1.54 bits per heavy atom. The Hall–Kier alpha value is -3.39. The molecule has 0 radical (unpaired) electrons. The van der Waals surface area contributed by atoms with E-state index in [1.54, 1.807) is 42.5 Å². The molecule has 1 atom stereocenters. The van der Waals surface area contributed by atoms with Gasteiger partial charge in [0.2, 0.25) is 5.91 Å². The molecule has 1 saturated heterocycles. The summed E-state index contributed by atoms with van der Waals surface area (Å²) in [6.07, 6.45) is 7.66. The summed E-state index contributed by atoms with van der Waals surface area (Å²) in [6.45, 7) is 1.26. The molecule has 8 heteroatoms. The van der Waals surface area contributed by atoms with Gasteiger partial charge in [-0.2, -0.15) is 0 Å². The summed E-state index contributed by atoms with van der Waals surface area (Å²) in [5.74, 6) is -0.531. The molecule has 4 rings (SSSR count). The molecule has 1 heterocycles. The monoisotopic (exact) mass is 478 g/mol. The third-order valence-electron chi connectivity index (χ3n) is 6.44. The maximum Gasteiger partial charge on any atom is 0.251 e. The third-order valence-corrected chi connectivity index (χ3v) is 6.44. The number of benzene rings is 2. The molecule has 2 aromatic rings. The van der Waals surface area contributed by atoms with E-state index in [1.165, 1.54) is 6.42 Å². The van der Waals surface area contributed by atoms with Gasteiger partial charge in [0.25, 0.3) is 11.8 Å². The molecule has 3 amide bonds. The Morgan fingerprint density at radius 1 is 0.829 bits per heavy atom. The van der Waals surface area contributed by atoms with Crippen LogP contribution in [0.4, 0.5) is 11.4 Å². The maximum absolute atomic E-state index is 12.6. The first kappa shape index (κ1) is 24.7. The van der Waals surface area contributed by atoms with Crippen LogP contribution in [0, 0.1) is 0 Å². The second kappa shape index (κ2) is 12.4. The van der Waals surface area contributed by atoms with Crippen LogP contribution in [-0.4, -0.2) is 49.6 Å². The Bertz CT molecular complexity index is 1030. The first-order valence-corrected chi connectivity index (χ1v) is 12.5. The molecule has 0 spiro atoms. The number of hydrogen-bond donors (Lipinski definition) is 4. The van der Waals surface area contributed by atoms with E-state index in [1.807, 2.05) is 6.07 Å². The van der Waals surface area contributed by atoms with Crippen LogP contribution in [0.5, 0.6) is 0 Å². The van der Waals surface area contributed by atoms with Gasteiger partial charge < -0.3 is 26.0 Å². The molecule has 1 aliphatic carbocycles. The fourth-order valence-electron chi connectivity index (χ4n) is 4.53. The minimum absolute atomic E-state index is 0.0309. The lowest BCUT2D eigenvalue weighted by atomic mass is 9.95. The molecule has 186 valence electrons. The standard InChI is InChI=1S/C27H34N4O4/c32-25(30-23-12-5-7-19(16-23)26(33)29-17-24-13-6-14-35-24)18-28-22-11-4-8-20(15-22)27(34)31-21-9-2-1-3-10-21/h4-5,7-8,11-12,15-16,21,24,28H,1-3,6,9-10,13-14,17-18H2,(H,29,33)(H,30,32)(H,31,34). The van der Waals surface area contributed by atoms with Crippen LogP contribution >= 0.6 is 0 Å². The zero-order valence-corrected chi connectivity index (χ0v) is 20.0. The number of hydrogen-bond acceptors (Lipinski definition) is 5. The fourth-order valence-corrected chi connectivity index (χ4v) is 4.53. The summed E-state index contributed by atoms with van der Waals surface area (Å²) >= 11 is 0. The zero-order chi connectivity index (χ0) is 24.5. The van der Waals surface area contributed by atoms with E-state index in [0.717, 1.165) is 45.1 Å². The third kappa shape index (κ3) is 7.55. The van der Waals surface area contributed by atoms with Crippen molar-refractivity contribution in [2.75, 3.05) is 30.3 Å². The SMILES string of the molecule is O=C(CNc1cccc(C(=O)NC2CCCCC2)c1)Nc1cccc(C(=O)NCC2CCCO2)c1. The van der Waals surface area contributed by atoms with Gasteiger partial charge in [-0.05, 0) is 62.1 Å². The molecule has 0 bridgehead atoms. The van der Waals surface area contributed by atoms with Crippen molar-refractivity contribution >= 4 is 29.1 Å². The molecule has 1 unspecified atom stereocenters. The smallest absolute Gasteiger partial charge is 0.251 e. The van der Waals surface area contributed by atoms with Gasteiger partial charge >= 0.3 is 0 Å². The molecule has 4 N–H and O–H groups in total. The molecule has 8 nitrogen and oxygen atoms in total. The van der Waals surface area contributed by atoms with Crippen LogP contribution in [-0.2, 0) is 9.53 Å². The molecule has 1 saturated carbocycles. The lowest BCUT2D eigenvalue weighted by molar-refractivity contribution is -0.114. The Kier molecular flexibility index (Phi) is 8.73. The number of ether oxygens (including phenoxy) is 1. The number of carbonyl (C=O) groups excluding carboxylic acids is 3. The quantitative estimate of drug-likeness (QED) is 0.439. The maximum atomic E-state index is 12.6. The van der Waals surface area contributed by atoms with Crippen LogP contribution in [0.25, 0.3) is 0 Å². The molecular weight excluding hydrogens is 444 g/mol. The number of rotatable bonds is 9. The van der Waals surface area contributed by atoms with Crippen LogP contribution in [0.3, 0.4) is 0 Å². The van der Waals surface area contributed by atoms with Gasteiger partial charge in [0.1, 0.15) is 0 Å². The van der Waals surface area contributed by atoms with E-state index in [4.69, 9.17) is 4.74 Å². The van der Waals surface area contributed by atoms with Crippen LogP contribution in [0.2, 0.25) is 0 Å². The molecule has 35 heavy (non-hydrogen) atoms. The van der Waals surface area contributed by atoms with Crippen molar-refractivity contribution in [2.45, 2.75) is 57.1 Å². The summed E-state index contributed by atoms with van der Waals surface area (Å²) in [6, 6.07) is 14.2. The Balaban J connectivity index is 1.25. The number of carbonyl (C=O) groups is 3. The highest BCUT2D eigenvalue weighted by Crippen LogP contribution is 2.19. The molecule has 0 aromatic heterocycles. The highest BCUT2D eigenvalue weighted by atomic mass is 16.5. The highest BCUT2D eigenvalue weighted by molar-refractivity contribution is 5.98. The van der Waals surface area contributed by atoms with Crippen LogP contribution in [0.1, 0.15) is 65.7 Å². The van der Waals surface area contributed by atoms with Crippen molar-refractivity contribution < 1.29 is 19.1 Å². The van der Waals surface area contributed by atoms with Gasteiger partial charge in [-0.25, -0.2) is 0 Å². The molecule has 2 aromatic carbocycles. The van der Waals surface area contributed by atoms with Gasteiger partial charge in [-0.3, -0.25) is 14.4 Å². The predicted octanol–water partition coefficient (Wildman–Crippen LogP) is 3.71. The van der Waals surface area contributed by atoms with E-state index < -0.39 is 0 Å². The van der Waals surface area contributed by atoms with E-state index in [0.29, 0.717) is 29.0 Å². The van der Waals surface area contributed by atoms with Crippen molar-refractivity contribution in [3.05, 3.63) is 59.7 Å². The Morgan fingerprint density at radius 3 is 2.29 bits per heavy atom. The first-order chi connectivity index (χ1) is 17.1. The van der Waals surface area contributed by atoms with Crippen molar-refractivity contribution in [1.82, 2.24) is 10.6 Å². The predicted molar refractivity (Wildman–Crippen MR) is 136 cm³/mol. The van der Waals surface area contributed by atoms with Gasteiger partial charge in [-0.15, -0.1) is 0 Å². The minimum Gasteiger partial charge on any atom is -0.376 e. The lowest BCUT2D eigenvalue weighted by Crippen LogP contribution is -2.36. The average Bonchev–Trinajstić information content (AvgIpc) is 3.41. The van der Waals surface area contributed by atoms with Crippen molar-refractivity contribution in [3.63, 3.8) is 0 Å². The highest BCUT2D eigenvalue weighted by Gasteiger charge is 2.18. The van der Waals surface area contributed by atoms with Crippen molar-refractivity contribution in [2.24, 2.45) is 0 Å². The molecular formula is C27H34N4O4. The van der Waals surface area contributed by atoms with Gasteiger partial charge in [0.05, 0.1) is 12.6 Å². The lowest BCUT2D eigenvalue weighted by Gasteiger charge is -2.22. The Labute approximate surface area is 206 Å². The van der Waals surface area contributed by atoms with Gasteiger partial charge in [-0.1, -0.05) is 31.4 Å². The van der Waals surface area contributed by atoms with Gasteiger partial charge in [0.15, 0.2) is 0 Å². The van der Waals surface area contributed by atoms with E-state index >= 15 is 0 Å². The van der Waals surface area contributed by atoms with Crippen molar-refractivity contribution in [3.8, 4) is 0 Å². The summed E-state index contributed by atoms with van der Waals surface area (Å²) in [4.78, 5) is 37.5. The number of amides is 3. The average molecular weight is 479 g/mol. The van der Waals surface area contributed by atoms with Gasteiger partial charge in [0, 0.05) is 41.7 Å². The summed E-state index contributed by atoms with van der Waals surface area (Å²) in [5.41, 5.74) is 2.29. The first-order valence-electron chi connectivity index (χ1n) is 12.5.